The highest BCUT2D eigenvalue weighted by atomic mass is 35.5. The smallest absolute Gasteiger partial charge is 0.152 e. The summed E-state index contributed by atoms with van der Waals surface area (Å²) in [6.07, 6.45) is 1.62. The van der Waals surface area contributed by atoms with Crippen LogP contribution in [0, 0.1) is 0 Å². The molecule has 78 valence electrons. The second-order valence-corrected chi connectivity index (χ2v) is 4.15. The Hall–Kier alpha value is -1.28. The molecule has 2 heterocycles. The van der Waals surface area contributed by atoms with Gasteiger partial charge in [0.15, 0.2) is 5.76 Å². The largest absolute Gasteiger partial charge is 0.459 e. The molecule has 0 aromatic carbocycles. The molecule has 0 saturated heterocycles. The number of hydrogen-bond acceptors (Lipinski definition) is 2. The van der Waals surface area contributed by atoms with Crippen molar-refractivity contribution >= 4 is 11.6 Å². The van der Waals surface area contributed by atoms with Gasteiger partial charge < -0.3 is 4.42 Å². The summed E-state index contributed by atoms with van der Waals surface area (Å²) in [5.74, 6) is 2.16. The SMILES string of the molecule is CC(C)c1ccc(-c2ccc(Cl)cn2)o1. The van der Waals surface area contributed by atoms with Crippen LogP contribution < -0.4 is 0 Å². The van der Waals surface area contributed by atoms with Gasteiger partial charge in [0.25, 0.3) is 0 Å². The quantitative estimate of drug-likeness (QED) is 0.763. The van der Waals surface area contributed by atoms with Gasteiger partial charge in [-0.3, -0.25) is 4.98 Å². The van der Waals surface area contributed by atoms with E-state index in [1.165, 1.54) is 0 Å². The fourth-order valence-electron chi connectivity index (χ4n) is 1.32. The van der Waals surface area contributed by atoms with E-state index in [9.17, 15) is 0 Å². The minimum absolute atomic E-state index is 0.394. The molecule has 0 amide bonds. The van der Waals surface area contributed by atoms with Crippen LogP contribution in [-0.4, -0.2) is 4.98 Å². The fraction of sp³-hybridized carbons (Fsp3) is 0.250. The van der Waals surface area contributed by atoms with Crippen molar-refractivity contribution in [3.63, 3.8) is 0 Å². The Bertz CT molecular complexity index is 445. The zero-order valence-corrected chi connectivity index (χ0v) is 9.45. The van der Waals surface area contributed by atoms with Gasteiger partial charge in [-0.05, 0) is 24.3 Å². The number of nitrogens with zero attached hydrogens (tertiary/aromatic N) is 1. The molecule has 0 atom stereocenters. The summed E-state index contributed by atoms with van der Waals surface area (Å²) in [5.41, 5.74) is 0.811. The van der Waals surface area contributed by atoms with E-state index < -0.39 is 0 Å². The molecular formula is C12H12ClNO. The van der Waals surface area contributed by atoms with E-state index in [2.05, 4.69) is 18.8 Å². The van der Waals surface area contributed by atoms with Gasteiger partial charge in [0.2, 0.25) is 0 Å². The molecule has 2 aromatic heterocycles. The van der Waals surface area contributed by atoms with E-state index in [-0.39, 0.29) is 0 Å². The molecule has 15 heavy (non-hydrogen) atoms. The number of pyridine rings is 1. The number of rotatable bonds is 2. The molecule has 0 aliphatic rings. The molecule has 2 aromatic rings. The number of furan rings is 1. The Balaban J connectivity index is 2.33. The minimum atomic E-state index is 0.394. The molecule has 0 radical (unpaired) electrons. The molecular weight excluding hydrogens is 210 g/mol. The van der Waals surface area contributed by atoms with Crippen LogP contribution in [0.25, 0.3) is 11.5 Å². The maximum Gasteiger partial charge on any atom is 0.152 e. The van der Waals surface area contributed by atoms with Crippen molar-refractivity contribution in [2.75, 3.05) is 0 Å². The Morgan fingerprint density at radius 1 is 1.20 bits per heavy atom. The van der Waals surface area contributed by atoms with Crippen molar-refractivity contribution in [2.24, 2.45) is 0 Å². The molecule has 0 N–H and O–H groups in total. The van der Waals surface area contributed by atoms with Crippen LogP contribution in [0.1, 0.15) is 25.5 Å². The second kappa shape index (κ2) is 4.07. The second-order valence-electron chi connectivity index (χ2n) is 3.72. The standard InChI is InChI=1S/C12H12ClNO/c1-8(2)11-5-6-12(15-11)10-4-3-9(13)7-14-10/h3-8H,1-2H3. The first-order chi connectivity index (χ1) is 7.16. The zero-order valence-electron chi connectivity index (χ0n) is 8.70. The van der Waals surface area contributed by atoms with E-state index in [4.69, 9.17) is 16.0 Å². The summed E-state index contributed by atoms with van der Waals surface area (Å²) in [6, 6.07) is 7.58. The van der Waals surface area contributed by atoms with Crippen molar-refractivity contribution in [3.05, 3.63) is 41.2 Å². The third kappa shape index (κ3) is 2.21. The van der Waals surface area contributed by atoms with Crippen LogP contribution >= 0.6 is 11.6 Å². The summed E-state index contributed by atoms with van der Waals surface area (Å²) < 4.78 is 5.67. The van der Waals surface area contributed by atoms with Gasteiger partial charge in [-0.1, -0.05) is 25.4 Å². The van der Waals surface area contributed by atoms with Crippen LogP contribution in [0.2, 0.25) is 5.02 Å². The van der Waals surface area contributed by atoms with Gasteiger partial charge in [-0.25, -0.2) is 0 Å². The van der Waals surface area contributed by atoms with Crippen LogP contribution in [0.5, 0.6) is 0 Å². The van der Waals surface area contributed by atoms with Gasteiger partial charge in [0.05, 0.1) is 5.02 Å². The van der Waals surface area contributed by atoms with Crippen LogP contribution in [0.4, 0.5) is 0 Å². The zero-order chi connectivity index (χ0) is 10.8. The lowest BCUT2D eigenvalue weighted by molar-refractivity contribution is 0.497. The van der Waals surface area contributed by atoms with Crippen LogP contribution in [0.15, 0.2) is 34.9 Å². The first-order valence-corrected chi connectivity index (χ1v) is 5.26. The van der Waals surface area contributed by atoms with E-state index in [0.717, 1.165) is 17.2 Å². The summed E-state index contributed by atoms with van der Waals surface area (Å²) in [6.45, 7) is 4.19. The minimum Gasteiger partial charge on any atom is -0.459 e. The predicted molar refractivity (Wildman–Crippen MR) is 61.0 cm³/mol. The highest BCUT2D eigenvalue weighted by Crippen LogP contribution is 2.25. The molecule has 0 fully saturated rings. The molecule has 2 nitrogen and oxygen atoms in total. The maximum absolute atomic E-state index is 5.76. The molecule has 0 aliphatic carbocycles. The van der Waals surface area contributed by atoms with E-state index in [1.54, 1.807) is 6.20 Å². The van der Waals surface area contributed by atoms with Crippen molar-refractivity contribution in [3.8, 4) is 11.5 Å². The topological polar surface area (TPSA) is 26.0 Å². The lowest BCUT2D eigenvalue weighted by Gasteiger charge is -1.99. The van der Waals surface area contributed by atoms with E-state index in [1.807, 2.05) is 24.3 Å². The average molecular weight is 222 g/mol. The normalized spacial score (nSPS) is 10.9. The molecule has 3 heteroatoms. The van der Waals surface area contributed by atoms with Crippen molar-refractivity contribution in [1.29, 1.82) is 0 Å². The number of aromatic nitrogens is 1. The predicted octanol–water partition coefficient (Wildman–Crippen LogP) is 4.12. The van der Waals surface area contributed by atoms with Gasteiger partial charge >= 0.3 is 0 Å². The molecule has 0 bridgehead atoms. The first-order valence-electron chi connectivity index (χ1n) is 4.88. The highest BCUT2D eigenvalue weighted by Gasteiger charge is 2.08. The third-order valence-corrected chi connectivity index (χ3v) is 2.40. The Labute approximate surface area is 93.9 Å². The highest BCUT2D eigenvalue weighted by molar-refractivity contribution is 6.30. The van der Waals surface area contributed by atoms with Gasteiger partial charge in [-0.2, -0.15) is 0 Å². The third-order valence-electron chi connectivity index (χ3n) is 2.18. The average Bonchev–Trinajstić information content (AvgIpc) is 2.68. The first kappa shape index (κ1) is 10.2. The Morgan fingerprint density at radius 3 is 2.53 bits per heavy atom. The van der Waals surface area contributed by atoms with E-state index in [0.29, 0.717) is 10.9 Å². The van der Waals surface area contributed by atoms with Gasteiger partial charge in [0.1, 0.15) is 11.5 Å². The van der Waals surface area contributed by atoms with Gasteiger partial charge in [-0.15, -0.1) is 0 Å². The number of halogens is 1. The molecule has 0 saturated carbocycles. The molecule has 0 aliphatic heterocycles. The van der Waals surface area contributed by atoms with Crippen molar-refractivity contribution in [2.45, 2.75) is 19.8 Å². The summed E-state index contributed by atoms with van der Waals surface area (Å²) >= 11 is 5.76. The summed E-state index contributed by atoms with van der Waals surface area (Å²) in [7, 11) is 0. The van der Waals surface area contributed by atoms with E-state index >= 15 is 0 Å². The lowest BCUT2D eigenvalue weighted by atomic mass is 10.2. The van der Waals surface area contributed by atoms with Gasteiger partial charge in [0, 0.05) is 12.1 Å². The molecule has 0 spiro atoms. The Kier molecular flexibility index (Phi) is 2.78. The summed E-state index contributed by atoms with van der Waals surface area (Å²) in [4.78, 5) is 4.20. The Morgan fingerprint density at radius 2 is 2.00 bits per heavy atom. The van der Waals surface area contributed by atoms with Crippen LogP contribution in [-0.2, 0) is 0 Å². The summed E-state index contributed by atoms with van der Waals surface area (Å²) in [5, 5.41) is 0.634. The maximum atomic E-state index is 5.76. The molecule has 2 rings (SSSR count). The lowest BCUT2D eigenvalue weighted by Crippen LogP contribution is -1.82. The monoisotopic (exact) mass is 221 g/mol. The molecule has 0 unspecified atom stereocenters. The fourth-order valence-corrected chi connectivity index (χ4v) is 1.43. The van der Waals surface area contributed by atoms with Crippen LogP contribution in [0.3, 0.4) is 0 Å². The van der Waals surface area contributed by atoms with Crippen molar-refractivity contribution in [1.82, 2.24) is 4.98 Å². The number of hydrogen-bond donors (Lipinski definition) is 0. The van der Waals surface area contributed by atoms with Crippen molar-refractivity contribution < 1.29 is 4.42 Å².